The van der Waals surface area contributed by atoms with Crippen molar-refractivity contribution in [3.8, 4) is 0 Å². The van der Waals surface area contributed by atoms with E-state index in [0.29, 0.717) is 6.54 Å². The lowest BCUT2D eigenvalue weighted by atomic mass is 9.85. The highest BCUT2D eigenvalue weighted by Gasteiger charge is 2.32. The maximum absolute atomic E-state index is 5.64. The molecule has 1 atom stereocenters. The van der Waals surface area contributed by atoms with Crippen LogP contribution in [0.2, 0.25) is 0 Å². The molecular weight excluding hydrogens is 208 g/mol. The van der Waals surface area contributed by atoms with Gasteiger partial charge in [0.2, 0.25) is 0 Å². The molecule has 1 aliphatic rings. The standard InChI is InChI=1S/C15H30N2/c1-3-5-10-15(4-2,11-9-12-16)17-13-7-6-8-14-17/h9,11H,3-8,10,12-14,16H2,1-2H3. The van der Waals surface area contributed by atoms with Crippen LogP contribution in [0, 0.1) is 0 Å². The Labute approximate surface area is 107 Å². The summed E-state index contributed by atoms with van der Waals surface area (Å²) in [5.74, 6) is 0. The van der Waals surface area contributed by atoms with Gasteiger partial charge in [0.15, 0.2) is 0 Å². The van der Waals surface area contributed by atoms with E-state index in [1.807, 2.05) is 0 Å². The van der Waals surface area contributed by atoms with E-state index >= 15 is 0 Å². The van der Waals surface area contributed by atoms with Crippen molar-refractivity contribution in [2.24, 2.45) is 5.73 Å². The first-order valence-electron chi connectivity index (χ1n) is 7.42. The van der Waals surface area contributed by atoms with Gasteiger partial charge in [0.25, 0.3) is 0 Å². The molecule has 100 valence electrons. The second-order valence-corrected chi connectivity index (χ2v) is 5.25. The zero-order chi connectivity index (χ0) is 12.6. The predicted molar refractivity (Wildman–Crippen MR) is 76.2 cm³/mol. The lowest BCUT2D eigenvalue weighted by molar-refractivity contribution is 0.0906. The van der Waals surface area contributed by atoms with Crippen LogP contribution in [-0.4, -0.2) is 30.1 Å². The van der Waals surface area contributed by atoms with Gasteiger partial charge in [0.1, 0.15) is 0 Å². The fraction of sp³-hybridized carbons (Fsp3) is 0.867. The van der Waals surface area contributed by atoms with Crippen LogP contribution in [0.5, 0.6) is 0 Å². The number of rotatable bonds is 7. The molecule has 2 N–H and O–H groups in total. The summed E-state index contributed by atoms with van der Waals surface area (Å²) in [6.45, 7) is 7.81. The van der Waals surface area contributed by atoms with Crippen LogP contribution in [0.3, 0.4) is 0 Å². The van der Waals surface area contributed by atoms with Crippen molar-refractivity contribution in [1.82, 2.24) is 4.90 Å². The summed E-state index contributed by atoms with van der Waals surface area (Å²) in [5.41, 5.74) is 5.93. The number of unbranched alkanes of at least 4 members (excludes halogenated alkanes) is 1. The van der Waals surface area contributed by atoms with Crippen molar-refractivity contribution >= 4 is 0 Å². The first-order chi connectivity index (χ1) is 8.29. The highest BCUT2D eigenvalue weighted by molar-refractivity contribution is 5.08. The van der Waals surface area contributed by atoms with E-state index in [1.165, 1.54) is 58.0 Å². The van der Waals surface area contributed by atoms with Crippen molar-refractivity contribution in [2.75, 3.05) is 19.6 Å². The van der Waals surface area contributed by atoms with Gasteiger partial charge in [0, 0.05) is 12.1 Å². The third-order valence-electron chi connectivity index (χ3n) is 4.13. The van der Waals surface area contributed by atoms with Gasteiger partial charge in [-0.2, -0.15) is 0 Å². The lowest BCUT2D eigenvalue weighted by Crippen LogP contribution is -2.49. The molecule has 2 nitrogen and oxygen atoms in total. The first kappa shape index (κ1) is 14.7. The Kier molecular flexibility index (Phi) is 6.83. The zero-order valence-electron chi connectivity index (χ0n) is 11.8. The molecular formula is C15H30N2. The Morgan fingerprint density at radius 2 is 1.88 bits per heavy atom. The normalized spacial score (nSPS) is 21.8. The third-order valence-corrected chi connectivity index (χ3v) is 4.13. The summed E-state index contributed by atoms with van der Waals surface area (Å²) < 4.78 is 0. The average molecular weight is 238 g/mol. The van der Waals surface area contributed by atoms with E-state index in [2.05, 4.69) is 30.9 Å². The van der Waals surface area contributed by atoms with E-state index in [-0.39, 0.29) is 5.54 Å². The van der Waals surface area contributed by atoms with Crippen LogP contribution in [-0.2, 0) is 0 Å². The maximum atomic E-state index is 5.64. The fourth-order valence-electron chi connectivity index (χ4n) is 2.97. The lowest BCUT2D eigenvalue weighted by Gasteiger charge is -2.44. The van der Waals surface area contributed by atoms with Crippen LogP contribution in [0.4, 0.5) is 0 Å². The van der Waals surface area contributed by atoms with Gasteiger partial charge >= 0.3 is 0 Å². The van der Waals surface area contributed by atoms with Gasteiger partial charge in [-0.3, -0.25) is 4.90 Å². The highest BCUT2D eigenvalue weighted by Crippen LogP contribution is 2.30. The molecule has 1 rings (SSSR count). The van der Waals surface area contributed by atoms with Crippen molar-refractivity contribution < 1.29 is 0 Å². The van der Waals surface area contributed by atoms with Crippen molar-refractivity contribution in [1.29, 1.82) is 0 Å². The molecule has 1 saturated heterocycles. The predicted octanol–water partition coefficient (Wildman–Crippen LogP) is 3.33. The van der Waals surface area contributed by atoms with Crippen LogP contribution >= 0.6 is 0 Å². The summed E-state index contributed by atoms with van der Waals surface area (Å²) >= 11 is 0. The van der Waals surface area contributed by atoms with Gasteiger partial charge < -0.3 is 5.73 Å². The first-order valence-corrected chi connectivity index (χ1v) is 7.42. The van der Waals surface area contributed by atoms with Crippen LogP contribution in [0.1, 0.15) is 58.8 Å². The van der Waals surface area contributed by atoms with Crippen LogP contribution < -0.4 is 5.73 Å². The largest absolute Gasteiger partial charge is 0.327 e. The molecule has 2 heteroatoms. The van der Waals surface area contributed by atoms with Crippen molar-refractivity contribution in [2.45, 2.75) is 64.3 Å². The fourth-order valence-corrected chi connectivity index (χ4v) is 2.97. The molecule has 0 radical (unpaired) electrons. The third kappa shape index (κ3) is 4.11. The van der Waals surface area contributed by atoms with E-state index < -0.39 is 0 Å². The molecule has 1 unspecified atom stereocenters. The summed E-state index contributed by atoms with van der Waals surface area (Å²) in [5, 5.41) is 0. The number of nitrogens with zero attached hydrogens (tertiary/aromatic N) is 1. The van der Waals surface area contributed by atoms with Crippen molar-refractivity contribution in [3.63, 3.8) is 0 Å². The SMILES string of the molecule is CCCCC(C=CCN)(CC)N1CCCCC1. The molecule has 0 bridgehead atoms. The van der Waals surface area contributed by atoms with E-state index in [0.717, 1.165) is 0 Å². The Morgan fingerprint density at radius 1 is 1.18 bits per heavy atom. The summed E-state index contributed by atoms with van der Waals surface area (Å²) in [4.78, 5) is 2.71. The van der Waals surface area contributed by atoms with Gasteiger partial charge in [-0.1, -0.05) is 45.3 Å². The highest BCUT2D eigenvalue weighted by atomic mass is 15.2. The molecule has 0 spiro atoms. The quantitative estimate of drug-likeness (QED) is 0.689. The number of hydrogen-bond donors (Lipinski definition) is 1. The number of likely N-dealkylation sites (tertiary alicyclic amines) is 1. The molecule has 0 saturated carbocycles. The van der Waals surface area contributed by atoms with Gasteiger partial charge in [-0.25, -0.2) is 0 Å². The maximum Gasteiger partial charge on any atom is 0.0389 e. The molecule has 0 aromatic heterocycles. The minimum Gasteiger partial charge on any atom is -0.327 e. The molecule has 0 aromatic rings. The van der Waals surface area contributed by atoms with Gasteiger partial charge in [-0.05, 0) is 38.8 Å². The number of nitrogens with two attached hydrogens (primary N) is 1. The molecule has 17 heavy (non-hydrogen) atoms. The van der Waals surface area contributed by atoms with E-state index in [4.69, 9.17) is 5.73 Å². The summed E-state index contributed by atoms with van der Waals surface area (Å²) in [6.07, 6.45) is 13.8. The Bertz CT molecular complexity index is 219. The second kappa shape index (κ2) is 7.88. The molecule has 1 aliphatic heterocycles. The Hall–Kier alpha value is -0.340. The summed E-state index contributed by atoms with van der Waals surface area (Å²) in [6, 6.07) is 0. The van der Waals surface area contributed by atoms with Gasteiger partial charge in [-0.15, -0.1) is 0 Å². The van der Waals surface area contributed by atoms with E-state index in [1.54, 1.807) is 0 Å². The van der Waals surface area contributed by atoms with E-state index in [9.17, 15) is 0 Å². The van der Waals surface area contributed by atoms with Crippen molar-refractivity contribution in [3.05, 3.63) is 12.2 Å². The summed E-state index contributed by atoms with van der Waals surface area (Å²) in [7, 11) is 0. The second-order valence-electron chi connectivity index (χ2n) is 5.25. The number of hydrogen-bond acceptors (Lipinski definition) is 2. The topological polar surface area (TPSA) is 29.3 Å². The Morgan fingerprint density at radius 3 is 2.41 bits per heavy atom. The smallest absolute Gasteiger partial charge is 0.0389 e. The number of piperidine rings is 1. The molecule has 1 fully saturated rings. The molecule has 0 aliphatic carbocycles. The minimum atomic E-state index is 0.288. The van der Waals surface area contributed by atoms with Crippen LogP contribution in [0.15, 0.2) is 12.2 Å². The van der Waals surface area contributed by atoms with Crippen LogP contribution in [0.25, 0.3) is 0 Å². The monoisotopic (exact) mass is 238 g/mol. The molecule has 0 aromatic carbocycles. The average Bonchev–Trinajstić information content (AvgIpc) is 2.41. The molecule has 0 amide bonds. The van der Waals surface area contributed by atoms with Gasteiger partial charge in [0.05, 0.1) is 0 Å². The zero-order valence-corrected chi connectivity index (χ0v) is 11.8. The molecule has 1 heterocycles. The Balaban J connectivity index is 2.75. The minimum absolute atomic E-state index is 0.288.